The number of rotatable bonds is 6. The van der Waals surface area contributed by atoms with Crippen molar-refractivity contribution in [1.82, 2.24) is 15.8 Å². The summed E-state index contributed by atoms with van der Waals surface area (Å²) >= 11 is 0. The minimum Gasteiger partial charge on any atom is -0.372 e. The van der Waals surface area contributed by atoms with Crippen LogP contribution in [0.15, 0.2) is 36.5 Å². The SMILES string of the molecule is CCN(CC)c1ccc(C(=O)NNC(=O)c2cc(C(C)=O)c[nH]2)cc1. The lowest BCUT2D eigenvalue weighted by atomic mass is 10.2. The zero-order valence-electron chi connectivity index (χ0n) is 14.6. The van der Waals surface area contributed by atoms with Gasteiger partial charge in [0.1, 0.15) is 5.69 Å². The summed E-state index contributed by atoms with van der Waals surface area (Å²) in [4.78, 5) is 40.2. The van der Waals surface area contributed by atoms with Gasteiger partial charge in [0.05, 0.1) is 0 Å². The molecule has 0 atom stereocenters. The summed E-state index contributed by atoms with van der Waals surface area (Å²) < 4.78 is 0. The summed E-state index contributed by atoms with van der Waals surface area (Å²) in [6.07, 6.45) is 1.45. The van der Waals surface area contributed by atoms with E-state index in [1.807, 2.05) is 12.1 Å². The van der Waals surface area contributed by atoms with Gasteiger partial charge in [0.2, 0.25) is 0 Å². The van der Waals surface area contributed by atoms with Crippen molar-refractivity contribution in [3.05, 3.63) is 53.3 Å². The van der Waals surface area contributed by atoms with Crippen LogP contribution >= 0.6 is 0 Å². The van der Waals surface area contributed by atoms with Crippen molar-refractivity contribution in [3.8, 4) is 0 Å². The molecule has 25 heavy (non-hydrogen) atoms. The van der Waals surface area contributed by atoms with Gasteiger partial charge in [0.25, 0.3) is 11.8 Å². The Morgan fingerprint density at radius 1 is 0.960 bits per heavy atom. The maximum atomic E-state index is 12.1. The van der Waals surface area contributed by atoms with Gasteiger partial charge in [-0.3, -0.25) is 25.2 Å². The number of carbonyl (C=O) groups is 3. The maximum absolute atomic E-state index is 12.1. The molecule has 1 aromatic carbocycles. The van der Waals surface area contributed by atoms with Crippen molar-refractivity contribution in [2.75, 3.05) is 18.0 Å². The fraction of sp³-hybridized carbons (Fsp3) is 0.278. The van der Waals surface area contributed by atoms with E-state index in [1.54, 1.807) is 12.1 Å². The molecule has 0 aliphatic heterocycles. The zero-order chi connectivity index (χ0) is 18.4. The number of hydrogen-bond donors (Lipinski definition) is 3. The predicted octanol–water partition coefficient (Wildman–Crippen LogP) is 2.14. The molecular formula is C18H22N4O3. The molecule has 7 heteroatoms. The van der Waals surface area contributed by atoms with Gasteiger partial charge in [-0.1, -0.05) is 0 Å². The molecule has 3 N–H and O–H groups in total. The van der Waals surface area contributed by atoms with Crippen LogP contribution in [0.5, 0.6) is 0 Å². The quantitative estimate of drug-likeness (QED) is 0.554. The average Bonchev–Trinajstić information content (AvgIpc) is 3.11. The second-order valence-electron chi connectivity index (χ2n) is 5.49. The largest absolute Gasteiger partial charge is 0.372 e. The standard InChI is InChI=1S/C18H22N4O3/c1-4-22(5-2)15-8-6-13(7-9-15)17(24)20-21-18(25)16-10-14(11-19-16)12(3)23/h6-11,19H,4-5H2,1-3H3,(H,20,24)(H,21,25). The first-order valence-corrected chi connectivity index (χ1v) is 8.11. The summed E-state index contributed by atoms with van der Waals surface area (Å²) in [6.45, 7) is 7.32. The number of anilines is 1. The Balaban J connectivity index is 1.95. The van der Waals surface area contributed by atoms with Gasteiger partial charge in [-0.25, -0.2) is 0 Å². The molecule has 0 fully saturated rings. The number of hydrazine groups is 1. The van der Waals surface area contributed by atoms with Crippen molar-refractivity contribution in [3.63, 3.8) is 0 Å². The molecule has 0 unspecified atom stereocenters. The molecule has 7 nitrogen and oxygen atoms in total. The number of H-pyrrole nitrogens is 1. The Morgan fingerprint density at radius 2 is 1.56 bits per heavy atom. The van der Waals surface area contributed by atoms with Gasteiger partial charge < -0.3 is 9.88 Å². The molecule has 0 bridgehead atoms. The van der Waals surface area contributed by atoms with Gasteiger partial charge in [-0.2, -0.15) is 0 Å². The van der Waals surface area contributed by atoms with Gasteiger partial charge in [-0.05, 0) is 51.1 Å². The molecule has 1 aromatic heterocycles. The van der Waals surface area contributed by atoms with Crippen LogP contribution in [0.2, 0.25) is 0 Å². The summed E-state index contributed by atoms with van der Waals surface area (Å²) in [5, 5.41) is 0. The van der Waals surface area contributed by atoms with Crippen molar-refractivity contribution in [1.29, 1.82) is 0 Å². The van der Waals surface area contributed by atoms with Crippen LogP contribution in [0, 0.1) is 0 Å². The molecule has 0 radical (unpaired) electrons. The molecule has 0 aliphatic carbocycles. The Bertz CT molecular complexity index is 761. The van der Waals surface area contributed by atoms with Crippen LogP contribution < -0.4 is 15.8 Å². The van der Waals surface area contributed by atoms with E-state index in [4.69, 9.17) is 0 Å². The number of amides is 2. The Labute approximate surface area is 146 Å². The third-order valence-electron chi connectivity index (χ3n) is 3.88. The van der Waals surface area contributed by atoms with Gasteiger partial charge in [0, 0.05) is 36.1 Å². The molecule has 0 spiro atoms. The number of aromatic amines is 1. The average molecular weight is 342 g/mol. The van der Waals surface area contributed by atoms with Crippen LogP contribution in [0.1, 0.15) is 52.0 Å². The Hall–Kier alpha value is -3.09. The predicted molar refractivity (Wildman–Crippen MR) is 95.7 cm³/mol. The van der Waals surface area contributed by atoms with E-state index in [0.29, 0.717) is 11.1 Å². The van der Waals surface area contributed by atoms with E-state index in [-0.39, 0.29) is 11.5 Å². The first-order chi connectivity index (χ1) is 12.0. The fourth-order valence-corrected chi connectivity index (χ4v) is 2.39. The Kier molecular flexibility index (Phi) is 5.94. The van der Waals surface area contributed by atoms with Crippen molar-refractivity contribution in [2.45, 2.75) is 20.8 Å². The number of nitrogens with zero attached hydrogens (tertiary/aromatic N) is 1. The summed E-state index contributed by atoms with van der Waals surface area (Å²) in [5.41, 5.74) is 6.75. The second kappa shape index (κ2) is 8.14. The highest BCUT2D eigenvalue weighted by atomic mass is 16.2. The first-order valence-electron chi connectivity index (χ1n) is 8.11. The number of hydrogen-bond acceptors (Lipinski definition) is 4. The molecule has 2 amide bonds. The van der Waals surface area contributed by atoms with Crippen LogP contribution in [-0.4, -0.2) is 35.7 Å². The number of Topliss-reactive ketones (excluding diaryl/α,β-unsaturated/α-hetero) is 1. The van der Waals surface area contributed by atoms with Crippen molar-refractivity contribution < 1.29 is 14.4 Å². The van der Waals surface area contributed by atoms with E-state index >= 15 is 0 Å². The Morgan fingerprint density at radius 3 is 2.08 bits per heavy atom. The third kappa shape index (κ3) is 4.47. The zero-order valence-corrected chi connectivity index (χ0v) is 14.6. The van der Waals surface area contributed by atoms with E-state index in [0.717, 1.165) is 18.8 Å². The number of carbonyl (C=O) groups excluding carboxylic acids is 3. The lowest BCUT2D eigenvalue weighted by Crippen LogP contribution is -2.41. The van der Waals surface area contributed by atoms with Gasteiger partial charge in [-0.15, -0.1) is 0 Å². The number of benzene rings is 1. The minimum absolute atomic E-state index is 0.146. The lowest BCUT2D eigenvalue weighted by Gasteiger charge is -2.21. The van der Waals surface area contributed by atoms with Crippen LogP contribution in [-0.2, 0) is 0 Å². The number of nitrogens with one attached hydrogen (secondary N) is 3. The van der Waals surface area contributed by atoms with E-state index in [2.05, 4.69) is 34.6 Å². The fourth-order valence-electron chi connectivity index (χ4n) is 2.39. The monoisotopic (exact) mass is 342 g/mol. The molecule has 0 saturated heterocycles. The highest BCUT2D eigenvalue weighted by Crippen LogP contribution is 2.14. The number of ketones is 1. The third-order valence-corrected chi connectivity index (χ3v) is 3.88. The molecule has 0 saturated carbocycles. The molecular weight excluding hydrogens is 320 g/mol. The highest BCUT2D eigenvalue weighted by molar-refractivity contribution is 6.01. The molecule has 1 heterocycles. The maximum Gasteiger partial charge on any atom is 0.286 e. The molecule has 0 aliphatic rings. The van der Waals surface area contributed by atoms with Gasteiger partial charge in [0.15, 0.2) is 5.78 Å². The molecule has 2 rings (SSSR count). The van der Waals surface area contributed by atoms with Crippen molar-refractivity contribution >= 4 is 23.3 Å². The summed E-state index contributed by atoms with van der Waals surface area (Å²) in [7, 11) is 0. The van der Waals surface area contributed by atoms with Crippen LogP contribution in [0.4, 0.5) is 5.69 Å². The molecule has 132 valence electrons. The first kappa shape index (κ1) is 18.3. The van der Waals surface area contributed by atoms with Crippen LogP contribution in [0.3, 0.4) is 0 Å². The second-order valence-corrected chi connectivity index (χ2v) is 5.49. The van der Waals surface area contributed by atoms with E-state index in [9.17, 15) is 14.4 Å². The van der Waals surface area contributed by atoms with Crippen molar-refractivity contribution in [2.24, 2.45) is 0 Å². The minimum atomic E-state index is -0.527. The molecule has 2 aromatic rings. The lowest BCUT2D eigenvalue weighted by molar-refractivity contribution is 0.0844. The smallest absolute Gasteiger partial charge is 0.286 e. The van der Waals surface area contributed by atoms with Crippen LogP contribution in [0.25, 0.3) is 0 Å². The summed E-state index contributed by atoms with van der Waals surface area (Å²) in [6, 6.07) is 8.58. The number of aromatic nitrogens is 1. The van der Waals surface area contributed by atoms with E-state index in [1.165, 1.54) is 19.2 Å². The highest BCUT2D eigenvalue weighted by Gasteiger charge is 2.12. The van der Waals surface area contributed by atoms with Gasteiger partial charge >= 0.3 is 0 Å². The van der Waals surface area contributed by atoms with E-state index < -0.39 is 11.8 Å². The normalized spacial score (nSPS) is 10.2. The topological polar surface area (TPSA) is 94.3 Å². The summed E-state index contributed by atoms with van der Waals surface area (Å²) in [5.74, 6) is -1.09.